The maximum absolute atomic E-state index is 13.1. The van der Waals surface area contributed by atoms with Crippen LogP contribution < -0.4 is 4.90 Å². The van der Waals surface area contributed by atoms with Gasteiger partial charge >= 0.3 is 0 Å². The summed E-state index contributed by atoms with van der Waals surface area (Å²) in [6, 6.07) is 7.39. The van der Waals surface area contributed by atoms with Crippen molar-refractivity contribution in [3.63, 3.8) is 0 Å². The smallest absolute Gasteiger partial charge is 0.274 e. The first kappa shape index (κ1) is 18.7. The van der Waals surface area contributed by atoms with Gasteiger partial charge in [0.05, 0.1) is 0 Å². The molecule has 8 heteroatoms. The Labute approximate surface area is 167 Å². The summed E-state index contributed by atoms with van der Waals surface area (Å²) < 4.78 is 30.0. The lowest BCUT2D eigenvalue weighted by Crippen LogP contribution is -2.35. The topological polar surface area (TPSA) is 62.6 Å². The molecule has 144 valence electrons. The summed E-state index contributed by atoms with van der Waals surface area (Å²) in [5, 5.41) is 0. The summed E-state index contributed by atoms with van der Waals surface area (Å²) in [6.45, 7) is 1.70. The average molecular weight is 452 g/mol. The molecule has 0 spiro atoms. The van der Waals surface area contributed by atoms with Crippen LogP contribution in [0.4, 0.5) is 5.69 Å². The molecule has 1 fully saturated rings. The third-order valence-corrected chi connectivity index (χ3v) is 7.69. The predicted octanol–water partition coefficient (Wildman–Crippen LogP) is 3.17. The number of aromatic nitrogens is 1. The minimum Gasteiger partial charge on any atom is -0.345 e. The largest absolute Gasteiger partial charge is 0.345 e. The van der Waals surface area contributed by atoms with Crippen LogP contribution in [0, 0.1) is 0 Å². The van der Waals surface area contributed by atoms with Crippen LogP contribution in [-0.2, 0) is 23.5 Å². The van der Waals surface area contributed by atoms with E-state index in [-0.39, 0.29) is 10.8 Å². The molecule has 0 unspecified atom stereocenters. The van der Waals surface area contributed by atoms with E-state index < -0.39 is 10.0 Å². The van der Waals surface area contributed by atoms with Crippen molar-refractivity contribution in [2.24, 2.45) is 7.05 Å². The normalized spacial score (nSPS) is 17.9. The van der Waals surface area contributed by atoms with Gasteiger partial charge in [0.15, 0.2) is 0 Å². The molecule has 1 aromatic heterocycles. The number of fused-ring (bicyclic) bond motifs is 1. The zero-order valence-electron chi connectivity index (χ0n) is 15.2. The summed E-state index contributed by atoms with van der Waals surface area (Å²) in [5.74, 6) is -0.168. The Balaban J connectivity index is 1.64. The van der Waals surface area contributed by atoms with Gasteiger partial charge in [-0.15, -0.1) is 0 Å². The molecule has 2 aliphatic rings. The Kier molecular flexibility index (Phi) is 4.90. The van der Waals surface area contributed by atoms with E-state index in [0.717, 1.165) is 41.4 Å². The molecule has 27 heavy (non-hydrogen) atoms. The maximum Gasteiger partial charge on any atom is 0.274 e. The number of hydrogen-bond donors (Lipinski definition) is 0. The van der Waals surface area contributed by atoms with Crippen LogP contribution in [0.25, 0.3) is 0 Å². The Morgan fingerprint density at radius 3 is 2.56 bits per heavy atom. The molecular weight excluding hydrogens is 430 g/mol. The summed E-state index contributed by atoms with van der Waals surface area (Å²) in [7, 11) is -1.83. The third-order valence-electron chi connectivity index (χ3n) is 5.33. The average Bonchev–Trinajstić information content (AvgIpc) is 3.25. The van der Waals surface area contributed by atoms with E-state index in [4.69, 9.17) is 0 Å². The van der Waals surface area contributed by atoms with E-state index in [2.05, 4.69) is 15.9 Å². The summed E-state index contributed by atoms with van der Waals surface area (Å²) in [4.78, 5) is 15.0. The van der Waals surface area contributed by atoms with Gasteiger partial charge in [-0.1, -0.05) is 22.4 Å². The summed E-state index contributed by atoms with van der Waals surface area (Å²) in [6.07, 6.45) is 5.19. The maximum atomic E-state index is 13.1. The number of halogens is 1. The van der Waals surface area contributed by atoms with Crippen LogP contribution in [0.1, 0.15) is 35.3 Å². The third kappa shape index (κ3) is 3.34. The Hall–Kier alpha value is -1.64. The van der Waals surface area contributed by atoms with E-state index >= 15 is 0 Å². The van der Waals surface area contributed by atoms with Crippen molar-refractivity contribution in [1.82, 2.24) is 8.87 Å². The molecule has 1 aromatic carbocycles. The van der Waals surface area contributed by atoms with Gasteiger partial charge in [-0.2, -0.15) is 4.31 Å². The zero-order chi connectivity index (χ0) is 19.2. The number of rotatable bonds is 3. The van der Waals surface area contributed by atoms with Gasteiger partial charge in [-0.05, 0) is 49.1 Å². The lowest BCUT2D eigenvalue weighted by atomic mass is 10.2. The van der Waals surface area contributed by atoms with Crippen LogP contribution in [-0.4, -0.2) is 42.8 Å². The van der Waals surface area contributed by atoms with Gasteiger partial charge in [-0.25, -0.2) is 8.42 Å². The number of piperidine rings is 1. The van der Waals surface area contributed by atoms with Crippen molar-refractivity contribution < 1.29 is 13.2 Å². The van der Waals surface area contributed by atoms with E-state index in [9.17, 15) is 13.2 Å². The number of carbonyl (C=O) groups excluding carboxylic acids is 1. The van der Waals surface area contributed by atoms with E-state index in [1.54, 1.807) is 22.7 Å². The van der Waals surface area contributed by atoms with Gasteiger partial charge in [0.1, 0.15) is 10.6 Å². The summed E-state index contributed by atoms with van der Waals surface area (Å²) in [5.41, 5.74) is 2.40. The van der Waals surface area contributed by atoms with E-state index in [1.165, 1.54) is 10.4 Å². The molecule has 0 atom stereocenters. The van der Waals surface area contributed by atoms with E-state index in [1.807, 2.05) is 18.2 Å². The second-order valence-electron chi connectivity index (χ2n) is 7.12. The number of anilines is 1. The number of nitrogens with zero attached hydrogens (tertiary/aromatic N) is 3. The van der Waals surface area contributed by atoms with Gasteiger partial charge in [0.25, 0.3) is 5.91 Å². The molecule has 2 aliphatic heterocycles. The van der Waals surface area contributed by atoms with Gasteiger partial charge < -0.3 is 9.47 Å². The van der Waals surface area contributed by atoms with Crippen LogP contribution in [0.15, 0.2) is 39.8 Å². The monoisotopic (exact) mass is 451 g/mol. The van der Waals surface area contributed by atoms with Crippen molar-refractivity contribution >= 4 is 37.5 Å². The van der Waals surface area contributed by atoms with Crippen molar-refractivity contribution in [2.75, 3.05) is 24.5 Å². The lowest BCUT2D eigenvalue weighted by Gasteiger charge is -2.25. The molecule has 1 amide bonds. The minimum atomic E-state index is -3.55. The molecule has 2 aromatic rings. The molecule has 4 rings (SSSR count). The van der Waals surface area contributed by atoms with Crippen LogP contribution in [0.3, 0.4) is 0 Å². The molecule has 6 nitrogen and oxygen atoms in total. The van der Waals surface area contributed by atoms with Gasteiger partial charge in [0.2, 0.25) is 10.0 Å². The zero-order valence-corrected chi connectivity index (χ0v) is 17.6. The SMILES string of the molecule is Cn1cc(S(=O)(=O)N2CCCCC2)cc1C(=O)N1CCc2cc(Br)ccc21. The van der Waals surface area contributed by atoms with Crippen LogP contribution in [0.5, 0.6) is 0 Å². The molecule has 0 bridgehead atoms. The Bertz CT molecular complexity index is 994. The van der Waals surface area contributed by atoms with Crippen molar-refractivity contribution in [3.05, 3.63) is 46.2 Å². The number of amides is 1. The standard InChI is InChI=1S/C19H22BrN3O3S/c1-21-13-16(27(25,26)22-8-3-2-4-9-22)12-18(21)19(24)23-10-7-14-11-15(20)5-6-17(14)23/h5-6,11-13H,2-4,7-10H2,1H3. The van der Waals surface area contributed by atoms with Gasteiger partial charge in [-0.3, -0.25) is 4.79 Å². The Morgan fingerprint density at radius 2 is 1.81 bits per heavy atom. The number of hydrogen-bond acceptors (Lipinski definition) is 3. The van der Waals surface area contributed by atoms with Crippen molar-refractivity contribution in [2.45, 2.75) is 30.6 Å². The predicted molar refractivity (Wildman–Crippen MR) is 108 cm³/mol. The van der Waals surface area contributed by atoms with E-state index in [0.29, 0.717) is 25.3 Å². The van der Waals surface area contributed by atoms with Crippen LogP contribution in [0.2, 0.25) is 0 Å². The quantitative estimate of drug-likeness (QED) is 0.719. The highest BCUT2D eigenvalue weighted by molar-refractivity contribution is 9.10. The highest BCUT2D eigenvalue weighted by Gasteiger charge is 2.31. The Morgan fingerprint density at radius 1 is 1.07 bits per heavy atom. The fraction of sp³-hybridized carbons (Fsp3) is 0.421. The van der Waals surface area contributed by atoms with Crippen LogP contribution >= 0.6 is 15.9 Å². The first-order chi connectivity index (χ1) is 12.9. The fourth-order valence-corrected chi connectivity index (χ4v) is 5.86. The fourth-order valence-electron chi connectivity index (χ4n) is 3.86. The second kappa shape index (κ2) is 7.07. The lowest BCUT2D eigenvalue weighted by molar-refractivity contribution is 0.0981. The molecule has 3 heterocycles. The summed E-state index contributed by atoms with van der Waals surface area (Å²) >= 11 is 3.46. The first-order valence-electron chi connectivity index (χ1n) is 9.15. The second-order valence-corrected chi connectivity index (χ2v) is 9.97. The number of benzene rings is 1. The molecule has 0 saturated carbocycles. The number of sulfonamides is 1. The minimum absolute atomic E-state index is 0.168. The molecule has 0 aliphatic carbocycles. The highest BCUT2D eigenvalue weighted by atomic mass is 79.9. The first-order valence-corrected chi connectivity index (χ1v) is 11.4. The number of aryl methyl sites for hydroxylation is 1. The highest BCUT2D eigenvalue weighted by Crippen LogP contribution is 2.32. The number of carbonyl (C=O) groups is 1. The molecule has 0 radical (unpaired) electrons. The molecule has 0 N–H and O–H groups in total. The van der Waals surface area contributed by atoms with Crippen molar-refractivity contribution in [1.29, 1.82) is 0 Å². The van der Waals surface area contributed by atoms with Crippen molar-refractivity contribution in [3.8, 4) is 0 Å². The molecular formula is C19H22BrN3O3S. The molecule has 1 saturated heterocycles. The van der Waals surface area contributed by atoms with Gasteiger partial charge in [0, 0.05) is 43.0 Å².